The summed E-state index contributed by atoms with van der Waals surface area (Å²) < 4.78 is 5.19. The molecule has 0 spiro atoms. The van der Waals surface area contributed by atoms with Gasteiger partial charge in [-0.2, -0.15) is 0 Å². The molecule has 0 aliphatic heterocycles. The normalized spacial score (nSPS) is 18.0. The average molecular weight is 584 g/mol. The number of hydrogen-bond donors (Lipinski definition) is 0. The monoisotopic (exact) mass is 582 g/mol. The van der Waals surface area contributed by atoms with E-state index < -0.39 is 21.3 Å². The van der Waals surface area contributed by atoms with Crippen molar-refractivity contribution in [2.75, 3.05) is 0 Å². The second kappa shape index (κ2) is 10.6. The van der Waals surface area contributed by atoms with Crippen LogP contribution >= 0.6 is 0 Å². The zero-order valence-corrected chi connectivity index (χ0v) is 28.4. The summed E-state index contributed by atoms with van der Waals surface area (Å²) in [6.45, 7) is 28.4. The van der Waals surface area contributed by atoms with Crippen molar-refractivity contribution in [1.29, 1.82) is 0 Å². The van der Waals surface area contributed by atoms with E-state index in [0.717, 1.165) is 6.42 Å². The predicted molar refractivity (Wildman–Crippen MR) is 165 cm³/mol. The Morgan fingerprint density at radius 3 is 1.68 bits per heavy atom. The van der Waals surface area contributed by atoms with Gasteiger partial charge in [-0.25, -0.2) is 0 Å². The van der Waals surface area contributed by atoms with Crippen LogP contribution in [0.4, 0.5) is 0 Å². The average Bonchev–Trinajstić information content (AvgIpc) is 3.39. The molecule has 2 aliphatic carbocycles. The van der Waals surface area contributed by atoms with Crippen molar-refractivity contribution in [2.45, 2.75) is 89.5 Å². The van der Waals surface area contributed by atoms with Crippen molar-refractivity contribution in [1.82, 2.24) is 0 Å². The summed E-state index contributed by atoms with van der Waals surface area (Å²) in [5, 5.41) is 0. The van der Waals surface area contributed by atoms with Crippen LogP contribution in [0.2, 0.25) is 0 Å². The van der Waals surface area contributed by atoms with Crippen molar-refractivity contribution in [3.05, 3.63) is 111 Å². The van der Waals surface area contributed by atoms with Crippen LogP contribution < -0.4 is 0 Å². The van der Waals surface area contributed by atoms with Gasteiger partial charge in [0.05, 0.1) is 0 Å². The van der Waals surface area contributed by atoms with Crippen LogP contribution in [0.25, 0.3) is 0 Å². The van der Waals surface area contributed by atoms with Crippen LogP contribution in [-0.2, 0) is 21.3 Å². The van der Waals surface area contributed by atoms with E-state index in [1.54, 1.807) is 15.3 Å². The van der Waals surface area contributed by atoms with Gasteiger partial charge in [-0.15, -0.1) is 0 Å². The van der Waals surface area contributed by atoms with Crippen LogP contribution in [0.3, 0.4) is 0 Å². The Kier molecular flexibility index (Phi) is 8.14. The van der Waals surface area contributed by atoms with Crippen molar-refractivity contribution < 1.29 is 21.3 Å². The Hall–Kier alpha value is -1.85. The summed E-state index contributed by atoms with van der Waals surface area (Å²) in [6, 6.07) is 14.0. The van der Waals surface area contributed by atoms with E-state index >= 15 is 0 Å². The third-order valence-corrected chi connectivity index (χ3v) is 17.2. The minimum atomic E-state index is -2.63. The van der Waals surface area contributed by atoms with Gasteiger partial charge >= 0.3 is 242 Å². The SMILES string of the molecule is CC1=[C]([Zr]([C]2=CC(C(C)(C)C)=CC2C)=[C](c2cccc(C)c2C)c2cccc(C)c2C)CC(C(C)(C)C)=C1. The van der Waals surface area contributed by atoms with Gasteiger partial charge < -0.3 is 0 Å². The van der Waals surface area contributed by atoms with E-state index in [1.165, 1.54) is 44.5 Å². The van der Waals surface area contributed by atoms with Gasteiger partial charge in [-0.3, -0.25) is 0 Å². The molecule has 0 fully saturated rings. The fourth-order valence-corrected chi connectivity index (χ4v) is 15.0. The molecular formula is C37H48Zr. The predicted octanol–water partition coefficient (Wildman–Crippen LogP) is 10.3. The van der Waals surface area contributed by atoms with Crippen LogP contribution in [-0.4, -0.2) is 3.21 Å². The summed E-state index contributed by atoms with van der Waals surface area (Å²) in [6.07, 6.45) is 8.89. The molecule has 38 heavy (non-hydrogen) atoms. The first-order valence-corrected chi connectivity index (χ1v) is 18.0. The quantitative estimate of drug-likeness (QED) is 0.336. The Morgan fingerprint density at radius 1 is 0.737 bits per heavy atom. The number of aryl methyl sites for hydroxylation is 2. The van der Waals surface area contributed by atoms with Crippen molar-refractivity contribution in [3.63, 3.8) is 0 Å². The zero-order valence-electron chi connectivity index (χ0n) is 26.0. The second-order valence-corrected chi connectivity index (χ2v) is 19.7. The third-order valence-electron chi connectivity index (χ3n) is 8.88. The van der Waals surface area contributed by atoms with Gasteiger partial charge in [0.25, 0.3) is 0 Å². The van der Waals surface area contributed by atoms with Crippen LogP contribution in [0.1, 0.15) is 95.2 Å². The molecule has 1 heteroatoms. The van der Waals surface area contributed by atoms with Gasteiger partial charge in [-0.05, 0) is 0 Å². The topological polar surface area (TPSA) is 0 Å². The first-order valence-electron chi connectivity index (χ1n) is 14.3. The summed E-state index contributed by atoms with van der Waals surface area (Å²) in [5.41, 5.74) is 13.6. The Morgan fingerprint density at radius 2 is 1.26 bits per heavy atom. The molecule has 0 saturated carbocycles. The van der Waals surface area contributed by atoms with Crippen molar-refractivity contribution >= 4 is 3.21 Å². The molecule has 0 amide bonds. The first kappa shape index (κ1) is 29.1. The molecule has 1 atom stereocenters. The van der Waals surface area contributed by atoms with E-state index in [2.05, 4.69) is 138 Å². The van der Waals surface area contributed by atoms with E-state index in [1.807, 2.05) is 0 Å². The molecule has 0 aromatic heterocycles. The first-order chi connectivity index (χ1) is 17.6. The van der Waals surface area contributed by atoms with Gasteiger partial charge in [0.1, 0.15) is 0 Å². The maximum atomic E-state index is 2.64. The second-order valence-electron chi connectivity index (χ2n) is 13.8. The molecule has 0 bridgehead atoms. The third kappa shape index (κ3) is 5.56. The molecule has 0 nitrogen and oxygen atoms in total. The molecule has 2 aliphatic rings. The molecule has 1 unspecified atom stereocenters. The zero-order chi connectivity index (χ0) is 28.2. The number of rotatable bonds is 4. The van der Waals surface area contributed by atoms with Crippen LogP contribution in [0.5, 0.6) is 0 Å². The molecule has 2 aromatic rings. The van der Waals surface area contributed by atoms with Crippen molar-refractivity contribution in [2.24, 2.45) is 16.7 Å². The van der Waals surface area contributed by atoms with Gasteiger partial charge in [0, 0.05) is 0 Å². The van der Waals surface area contributed by atoms with Gasteiger partial charge in [0.15, 0.2) is 0 Å². The van der Waals surface area contributed by atoms with Crippen molar-refractivity contribution in [3.8, 4) is 0 Å². The maximum absolute atomic E-state index is 2.64. The van der Waals surface area contributed by atoms with E-state index in [4.69, 9.17) is 0 Å². The molecule has 4 rings (SSSR count). The number of benzene rings is 2. The molecule has 0 saturated heterocycles. The number of hydrogen-bond acceptors (Lipinski definition) is 0. The fourth-order valence-electron chi connectivity index (χ4n) is 5.90. The molecule has 200 valence electrons. The van der Waals surface area contributed by atoms with Gasteiger partial charge in [-0.1, -0.05) is 0 Å². The Labute approximate surface area is 240 Å². The molecule has 0 heterocycles. The molecule has 2 aromatic carbocycles. The molecule has 0 radical (unpaired) electrons. The molecular weight excluding hydrogens is 536 g/mol. The standard InChI is InChI=1S/C17H18.2C10H15.Zr/c1-12-7-5-9-16(14(12)3)11-17-10-6-8-13(2)15(17)4;2*1-8-5-6-9(7-8)10(2,3)4;/h5-10H,1-4H3;7H,6H2,1-4H3;6-8H,1-4H3;. The summed E-state index contributed by atoms with van der Waals surface area (Å²) >= 11 is -2.63. The Balaban J connectivity index is 2.15. The van der Waals surface area contributed by atoms with E-state index in [9.17, 15) is 0 Å². The summed E-state index contributed by atoms with van der Waals surface area (Å²) in [5.74, 6) is 0.489. The van der Waals surface area contributed by atoms with E-state index in [-0.39, 0.29) is 10.8 Å². The van der Waals surface area contributed by atoms with Gasteiger partial charge in [0.2, 0.25) is 0 Å². The fraction of sp³-hybridized carbons (Fsp3) is 0.432. The minimum absolute atomic E-state index is 0.164. The van der Waals surface area contributed by atoms with Crippen LogP contribution in [0.15, 0.2) is 77.9 Å². The van der Waals surface area contributed by atoms with E-state index in [0.29, 0.717) is 5.92 Å². The number of allylic oxidation sites excluding steroid dienone is 8. The molecule has 0 N–H and O–H groups in total. The Bertz CT molecular complexity index is 1380. The summed E-state index contributed by atoms with van der Waals surface area (Å²) in [4.78, 5) is 0. The van der Waals surface area contributed by atoms with Crippen LogP contribution in [0, 0.1) is 44.4 Å². The summed E-state index contributed by atoms with van der Waals surface area (Å²) in [7, 11) is 0.